The monoisotopic (exact) mass is 315 g/mol. The van der Waals surface area contributed by atoms with Gasteiger partial charge in [0.2, 0.25) is 0 Å². The number of hydrogen-bond donors (Lipinski definition) is 0. The minimum absolute atomic E-state index is 0.000796. The van der Waals surface area contributed by atoms with Gasteiger partial charge in [0.25, 0.3) is 5.69 Å². The molecule has 0 atom stereocenters. The van der Waals surface area contributed by atoms with Gasteiger partial charge in [-0.05, 0) is 18.2 Å². The van der Waals surface area contributed by atoms with Crippen molar-refractivity contribution in [3.8, 4) is 11.5 Å². The summed E-state index contributed by atoms with van der Waals surface area (Å²) in [6.45, 7) is 0. The first kappa shape index (κ1) is 14.6. The molecular formula is C13H8Cl2FNO3. The Morgan fingerprint density at radius 2 is 2.00 bits per heavy atom. The number of nitro groups is 1. The van der Waals surface area contributed by atoms with Gasteiger partial charge in [-0.15, -0.1) is 11.6 Å². The molecular weight excluding hydrogens is 308 g/mol. The van der Waals surface area contributed by atoms with Crippen molar-refractivity contribution >= 4 is 28.9 Å². The molecule has 0 aliphatic carbocycles. The van der Waals surface area contributed by atoms with E-state index in [1.807, 2.05) is 0 Å². The third-order valence-corrected chi connectivity index (χ3v) is 3.11. The van der Waals surface area contributed by atoms with Crippen LogP contribution in [0.3, 0.4) is 0 Å². The van der Waals surface area contributed by atoms with E-state index in [9.17, 15) is 14.5 Å². The zero-order chi connectivity index (χ0) is 14.7. The molecule has 0 aliphatic heterocycles. The van der Waals surface area contributed by atoms with E-state index in [0.717, 1.165) is 0 Å². The largest absolute Gasteiger partial charge is 0.454 e. The van der Waals surface area contributed by atoms with Crippen LogP contribution in [0, 0.1) is 15.9 Å². The molecule has 0 amide bonds. The minimum Gasteiger partial charge on any atom is -0.454 e. The maximum absolute atomic E-state index is 13.7. The van der Waals surface area contributed by atoms with Gasteiger partial charge in [0.15, 0.2) is 11.6 Å². The highest BCUT2D eigenvalue weighted by molar-refractivity contribution is 6.30. The maximum Gasteiger partial charge on any atom is 0.270 e. The Morgan fingerprint density at radius 3 is 2.65 bits per heavy atom. The lowest BCUT2D eigenvalue weighted by Gasteiger charge is -2.10. The first-order chi connectivity index (χ1) is 9.52. The van der Waals surface area contributed by atoms with Crippen molar-refractivity contribution in [1.29, 1.82) is 0 Å². The summed E-state index contributed by atoms with van der Waals surface area (Å²) in [6.07, 6.45) is 0. The first-order valence-electron chi connectivity index (χ1n) is 5.48. The Bertz CT molecular complexity index is 664. The van der Waals surface area contributed by atoms with Crippen LogP contribution >= 0.6 is 23.2 Å². The van der Waals surface area contributed by atoms with E-state index in [4.69, 9.17) is 27.9 Å². The van der Waals surface area contributed by atoms with E-state index in [2.05, 4.69) is 0 Å². The van der Waals surface area contributed by atoms with Crippen LogP contribution in [0.25, 0.3) is 0 Å². The molecule has 104 valence electrons. The summed E-state index contributed by atoms with van der Waals surface area (Å²) in [5, 5.41) is 10.6. The molecule has 0 saturated heterocycles. The zero-order valence-corrected chi connectivity index (χ0v) is 11.5. The van der Waals surface area contributed by atoms with Crippen LogP contribution in [-0.2, 0) is 5.88 Å². The van der Waals surface area contributed by atoms with E-state index in [-0.39, 0.29) is 28.1 Å². The van der Waals surface area contributed by atoms with E-state index in [0.29, 0.717) is 5.56 Å². The zero-order valence-electron chi connectivity index (χ0n) is 9.98. The third kappa shape index (κ3) is 3.00. The van der Waals surface area contributed by atoms with Crippen LogP contribution in [0.15, 0.2) is 36.4 Å². The summed E-state index contributed by atoms with van der Waals surface area (Å²) >= 11 is 11.4. The minimum atomic E-state index is -0.701. The molecule has 0 radical (unpaired) electrons. The van der Waals surface area contributed by atoms with Crippen LogP contribution in [-0.4, -0.2) is 4.92 Å². The van der Waals surface area contributed by atoms with Crippen molar-refractivity contribution in [2.75, 3.05) is 0 Å². The Balaban J connectivity index is 2.38. The van der Waals surface area contributed by atoms with Gasteiger partial charge in [0, 0.05) is 17.7 Å². The average Bonchev–Trinajstić information content (AvgIpc) is 2.44. The van der Waals surface area contributed by atoms with Crippen molar-refractivity contribution in [1.82, 2.24) is 0 Å². The summed E-state index contributed by atoms with van der Waals surface area (Å²) in [5.74, 6) is -0.531. The van der Waals surface area contributed by atoms with Crippen molar-refractivity contribution in [3.63, 3.8) is 0 Å². The van der Waals surface area contributed by atoms with Crippen LogP contribution in [0.5, 0.6) is 11.5 Å². The SMILES string of the molecule is O=[N+]([O-])c1ccc(Oc2cccc(Cl)c2F)c(CCl)c1. The predicted octanol–water partition coefficient (Wildman–Crippen LogP) is 4.92. The number of nitrogens with zero attached hydrogens (tertiary/aromatic N) is 1. The molecule has 2 aromatic rings. The lowest BCUT2D eigenvalue weighted by Crippen LogP contribution is -1.95. The standard InChI is InChI=1S/C13H8Cl2FNO3/c14-7-8-6-9(17(18)19)4-5-11(8)20-12-3-1-2-10(15)13(12)16/h1-6H,7H2. The molecule has 0 saturated carbocycles. The topological polar surface area (TPSA) is 52.4 Å². The fourth-order valence-corrected chi connectivity index (χ4v) is 1.94. The lowest BCUT2D eigenvalue weighted by molar-refractivity contribution is -0.384. The van der Waals surface area contributed by atoms with Gasteiger partial charge in [0.05, 0.1) is 15.8 Å². The molecule has 2 aromatic carbocycles. The van der Waals surface area contributed by atoms with E-state index < -0.39 is 10.7 Å². The highest BCUT2D eigenvalue weighted by atomic mass is 35.5. The highest BCUT2D eigenvalue weighted by Crippen LogP contribution is 2.33. The van der Waals surface area contributed by atoms with E-state index >= 15 is 0 Å². The number of rotatable bonds is 4. The van der Waals surface area contributed by atoms with Crippen molar-refractivity contribution < 1.29 is 14.1 Å². The normalized spacial score (nSPS) is 10.3. The van der Waals surface area contributed by atoms with Gasteiger partial charge in [-0.1, -0.05) is 17.7 Å². The molecule has 0 unspecified atom stereocenters. The van der Waals surface area contributed by atoms with Crippen LogP contribution in [0.1, 0.15) is 5.56 Å². The molecule has 0 spiro atoms. The quantitative estimate of drug-likeness (QED) is 0.457. The average molecular weight is 316 g/mol. The summed E-state index contributed by atoms with van der Waals surface area (Å²) < 4.78 is 19.1. The summed E-state index contributed by atoms with van der Waals surface area (Å²) in [5.41, 5.74) is 0.278. The van der Waals surface area contributed by atoms with Crippen LogP contribution in [0.2, 0.25) is 5.02 Å². The number of benzene rings is 2. The highest BCUT2D eigenvalue weighted by Gasteiger charge is 2.14. The summed E-state index contributed by atoms with van der Waals surface area (Å²) in [4.78, 5) is 10.1. The van der Waals surface area contributed by atoms with Gasteiger partial charge >= 0.3 is 0 Å². The second kappa shape index (κ2) is 6.07. The molecule has 0 aromatic heterocycles. The molecule has 2 rings (SSSR count). The Kier molecular flexibility index (Phi) is 4.42. The van der Waals surface area contributed by atoms with Crippen LogP contribution in [0.4, 0.5) is 10.1 Å². The molecule has 0 bridgehead atoms. The maximum atomic E-state index is 13.7. The molecule has 0 aliphatic rings. The van der Waals surface area contributed by atoms with Crippen molar-refractivity contribution in [2.24, 2.45) is 0 Å². The third-order valence-electron chi connectivity index (χ3n) is 2.53. The van der Waals surface area contributed by atoms with Gasteiger partial charge in [-0.25, -0.2) is 4.39 Å². The number of ether oxygens (including phenoxy) is 1. The van der Waals surface area contributed by atoms with Gasteiger partial charge in [-0.2, -0.15) is 0 Å². The van der Waals surface area contributed by atoms with Gasteiger partial charge in [-0.3, -0.25) is 10.1 Å². The molecule has 0 N–H and O–H groups in total. The Hall–Kier alpha value is -1.85. The molecule has 0 fully saturated rings. The fraction of sp³-hybridized carbons (Fsp3) is 0.0769. The van der Waals surface area contributed by atoms with Crippen molar-refractivity contribution in [2.45, 2.75) is 5.88 Å². The van der Waals surface area contributed by atoms with Crippen molar-refractivity contribution in [3.05, 3.63) is 62.9 Å². The van der Waals surface area contributed by atoms with E-state index in [1.54, 1.807) is 0 Å². The van der Waals surface area contributed by atoms with Gasteiger partial charge in [0.1, 0.15) is 5.75 Å². The lowest BCUT2D eigenvalue weighted by atomic mass is 10.2. The first-order valence-corrected chi connectivity index (χ1v) is 6.39. The molecule has 7 heteroatoms. The molecule has 4 nitrogen and oxygen atoms in total. The van der Waals surface area contributed by atoms with Gasteiger partial charge < -0.3 is 4.74 Å². The Labute approximate surface area is 123 Å². The second-order valence-corrected chi connectivity index (χ2v) is 4.51. The number of non-ortho nitro benzene ring substituents is 1. The second-order valence-electron chi connectivity index (χ2n) is 3.84. The summed E-state index contributed by atoms with van der Waals surface area (Å²) in [7, 11) is 0. The fourth-order valence-electron chi connectivity index (χ4n) is 1.56. The number of nitro benzene ring substituents is 1. The number of alkyl halides is 1. The summed E-state index contributed by atoms with van der Waals surface area (Å²) in [6, 6.07) is 8.24. The number of hydrogen-bond acceptors (Lipinski definition) is 3. The van der Waals surface area contributed by atoms with Crippen LogP contribution < -0.4 is 4.74 Å². The molecule has 0 heterocycles. The Morgan fingerprint density at radius 1 is 1.25 bits per heavy atom. The smallest absolute Gasteiger partial charge is 0.270 e. The number of halogens is 3. The van der Waals surface area contributed by atoms with E-state index in [1.165, 1.54) is 36.4 Å². The molecule has 20 heavy (non-hydrogen) atoms. The predicted molar refractivity (Wildman–Crippen MR) is 74.1 cm³/mol.